The first kappa shape index (κ1) is 31.1. The van der Waals surface area contributed by atoms with E-state index in [9.17, 15) is 24.6 Å². The van der Waals surface area contributed by atoms with Gasteiger partial charge < -0.3 is 34.0 Å². The molecule has 1 heterocycles. The first-order valence-corrected chi connectivity index (χ1v) is 15.4. The minimum Gasteiger partial charge on any atom is -0.481 e. The third-order valence-electron chi connectivity index (χ3n) is 11.4. The van der Waals surface area contributed by atoms with E-state index in [2.05, 4.69) is 13.0 Å². The molecule has 9 nitrogen and oxygen atoms in total. The van der Waals surface area contributed by atoms with Crippen molar-refractivity contribution >= 4 is 18.2 Å². The number of carboxylic acids is 1. The second kappa shape index (κ2) is 11.3. The molecule has 4 aliphatic carbocycles. The van der Waals surface area contributed by atoms with E-state index in [0.29, 0.717) is 18.8 Å². The Kier molecular flexibility index (Phi) is 8.37. The van der Waals surface area contributed by atoms with Gasteiger partial charge in [0.2, 0.25) is 0 Å². The maximum absolute atomic E-state index is 13.7. The number of fused-ring (bicyclic) bond motifs is 2. The van der Waals surface area contributed by atoms with Crippen molar-refractivity contribution in [3.05, 3.63) is 36.0 Å². The van der Waals surface area contributed by atoms with Gasteiger partial charge in [-0.05, 0) is 62.7 Å². The summed E-state index contributed by atoms with van der Waals surface area (Å²) in [6, 6.07) is 0. The summed E-state index contributed by atoms with van der Waals surface area (Å²) in [4.78, 5) is 39.4. The van der Waals surface area contributed by atoms with Crippen molar-refractivity contribution in [1.82, 2.24) is 0 Å². The van der Waals surface area contributed by atoms with E-state index < -0.39 is 58.9 Å². The van der Waals surface area contributed by atoms with Crippen LogP contribution in [0.25, 0.3) is 0 Å². The number of rotatable bonds is 10. The number of aldehydes is 1. The van der Waals surface area contributed by atoms with Crippen LogP contribution in [0.1, 0.15) is 60.3 Å². The fraction of sp³-hybridized carbons (Fsp3) is 0.727. The Bertz CT molecular complexity index is 1170. The van der Waals surface area contributed by atoms with Gasteiger partial charge in [-0.15, -0.1) is 0 Å². The van der Waals surface area contributed by atoms with Crippen molar-refractivity contribution in [2.24, 2.45) is 45.8 Å². The Morgan fingerprint density at radius 3 is 2.52 bits per heavy atom. The molecule has 1 aliphatic heterocycles. The number of carbonyl (C=O) groups is 3. The first-order valence-electron chi connectivity index (χ1n) is 15.4. The number of esters is 1. The van der Waals surface area contributed by atoms with Crippen LogP contribution in [0, 0.1) is 45.8 Å². The summed E-state index contributed by atoms with van der Waals surface area (Å²) in [5.74, 6) is -1.21. The van der Waals surface area contributed by atoms with Gasteiger partial charge in [0.05, 0.1) is 18.1 Å². The lowest BCUT2D eigenvalue weighted by Gasteiger charge is -2.58. The van der Waals surface area contributed by atoms with Crippen LogP contribution in [-0.2, 0) is 33.3 Å². The van der Waals surface area contributed by atoms with E-state index in [1.165, 1.54) is 13.2 Å². The topological polar surface area (TPSA) is 129 Å². The van der Waals surface area contributed by atoms with Crippen molar-refractivity contribution in [3.8, 4) is 0 Å². The average Bonchev–Trinajstić information content (AvgIpc) is 3.52. The lowest BCUT2D eigenvalue weighted by molar-refractivity contribution is -0.308. The molecule has 232 valence electrons. The second-order valence-electron chi connectivity index (χ2n) is 13.5. The zero-order chi connectivity index (χ0) is 30.6. The van der Waals surface area contributed by atoms with E-state index in [-0.39, 0.29) is 30.3 Å². The molecule has 4 fully saturated rings. The van der Waals surface area contributed by atoms with Crippen molar-refractivity contribution in [2.75, 3.05) is 13.7 Å². The number of aliphatic carboxylic acids is 1. The Labute approximate surface area is 248 Å². The Morgan fingerprint density at radius 2 is 1.90 bits per heavy atom. The summed E-state index contributed by atoms with van der Waals surface area (Å²) in [6.07, 6.45) is 7.35. The molecule has 5 rings (SSSR count). The van der Waals surface area contributed by atoms with E-state index >= 15 is 0 Å². The van der Waals surface area contributed by atoms with Gasteiger partial charge in [-0.2, -0.15) is 0 Å². The van der Waals surface area contributed by atoms with E-state index in [1.54, 1.807) is 25.2 Å². The third-order valence-corrected chi connectivity index (χ3v) is 11.4. The van der Waals surface area contributed by atoms with Crippen LogP contribution < -0.4 is 0 Å². The Balaban J connectivity index is 1.49. The number of ether oxygens (including phenoxy) is 4. The highest BCUT2D eigenvalue weighted by molar-refractivity contribution is 5.90. The van der Waals surface area contributed by atoms with Crippen LogP contribution in [0.15, 0.2) is 36.0 Å². The SMILES string of the molecule is C/C=C/C=C\C(=O)O[C@H]1[C@H](O)[C@H](OC[C@@]23C[C@@H]4[C@H](C)CC[C@H]4[C@@]4(C=O)C[C@H]2C=C(C(C)C)[C@@]34C(=O)O)O[C@H](C)[C@H]1OC. The highest BCUT2D eigenvalue weighted by atomic mass is 16.7. The van der Waals surface area contributed by atoms with Gasteiger partial charge in [-0.25, -0.2) is 4.79 Å². The monoisotopic (exact) mass is 586 g/mol. The molecule has 0 aromatic heterocycles. The number of aliphatic hydroxyl groups is 1. The molecule has 3 saturated carbocycles. The van der Waals surface area contributed by atoms with Crippen LogP contribution in [0.3, 0.4) is 0 Å². The largest absolute Gasteiger partial charge is 0.481 e. The van der Waals surface area contributed by atoms with Gasteiger partial charge >= 0.3 is 11.9 Å². The molecule has 0 aromatic carbocycles. The smallest absolute Gasteiger partial charge is 0.331 e. The highest BCUT2D eigenvalue weighted by Crippen LogP contribution is 2.82. The maximum Gasteiger partial charge on any atom is 0.331 e. The first-order chi connectivity index (χ1) is 19.9. The van der Waals surface area contributed by atoms with Gasteiger partial charge in [0.25, 0.3) is 0 Å². The molecule has 12 atom stereocenters. The number of methoxy groups -OCH3 is 1. The third kappa shape index (κ3) is 4.14. The lowest BCUT2D eigenvalue weighted by atomic mass is 9.43. The van der Waals surface area contributed by atoms with Crippen LogP contribution in [0.5, 0.6) is 0 Å². The van der Waals surface area contributed by atoms with Crippen molar-refractivity contribution < 1.29 is 43.5 Å². The molecule has 0 aromatic rings. The van der Waals surface area contributed by atoms with Gasteiger partial charge in [-0.1, -0.05) is 57.1 Å². The normalized spacial score (nSPS) is 45.9. The van der Waals surface area contributed by atoms with Gasteiger partial charge in [0, 0.05) is 18.6 Å². The molecule has 0 radical (unpaired) electrons. The van der Waals surface area contributed by atoms with E-state index in [4.69, 9.17) is 18.9 Å². The van der Waals surface area contributed by atoms with E-state index in [1.807, 2.05) is 20.8 Å². The van der Waals surface area contributed by atoms with Gasteiger partial charge in [-0.3, -0.25) is 4.79 Å². The van der Waals surface area contributed by atoms with Crippen molar-refractivity contribution in [1.29, 1.82) is 0 Å². The molecule has 5 aliphatic rings. The van der Waals surface area contributed by atoms with Crippen LogP contribution in [0.4, 0.5) is 0 Å². The fourth-order valence-corrected chi connectivity index (χ4v) is 9.87. The molecular weight excluding hydrogens is 540 g/mol. The van der Waals surface area contributed by atoms with E-state index in [0.717, 1.165) is 24.7 Å². The highest BCUT2D eigenvalue weighted by Gasteiger charge is 2.84. The quantitative estimate of drug-likeness (QED) is 0.128. The Hall–Kier alpha value is -2.33. The van der Waals surface area contributed by atoms with Gasteiger partial charge in [0.15, 0.2) is 12.4 Å². The summed E-state index contributed by atoms with van der Waals surface area (Å²) in [7, 11) is 1.46. The summed E-state index contributed by atoms with van der Waals surface area (Å²) >= 11 is 0. The van der Waals surface area contributed by atoms with Crippen LogP contribution in [0.2, 0.25) is 0 Å². The second-order valence-corrected chi connectivity index (χ2v) is 13.5. The number of hydrogen-bond acceptors (Lipinski definition) is 8. The molecular formula is C33H46O9. The number of allylic oxidation sites excluding steroid dienone is 4. The number of carbonyl (C=O) groups excluding carboxylic acids is 2. The molecule has 42 heavy (non-hydrogen) atoms. The summed E-state index contributed by atoms with van der Waals surface area (Å²) in [6.45, 7) is 9.78. The average molecular weight is 587 g/mol. The molecule has 4 bridgehead atoms. The lowest BCUT2D eigenvalue weighted by Crippen LogP contribution is -2.64. The van der Waals surface area contributed by atoms with Crippen LogP contribution in [-0.4, -0.2) is 72.9 Å². The molecule has 0 unspecified atom stereocenters. The van der Waals surface area contributed by atoms with Crippen molar-refractivity contribution in [2.45, 2.75) is 91.0 Å². The Morgan fingerprint density at radius 1 is 1.17 bits per heavy atom. The molecule has 1 saturated heterocycles. The molecule has 0 spiro atoms. The maximum atomic E-state index is 13.7. The molecule has 9 heteroatoms. The standard InChI is InChI=1S/C33H46O9/c1-7-8-9-10-25(35)42-28-26(36)29(41-20(5)27(28)39-6)40-17-32-15-22-19(4)11-12-23(22)31(16-34)14-21(32)13-24(18(2)3)33(31,32)30(37)38/h7-10,13,16,18-23,26-29,36H,11-12,14-15,17H2,1-6H3,(H,37,38)/b8-7+,10-9-/t19-,20-,21-,22-,23-,26+,27-,28+,29-,31+,32+,33+/m1/s1. The minimum absolute atomic E-state index is 0.00379. The number of hydrogen-bond donors (Lipinski definition) is 2. The predicted octanol–water partition coefficient (Wildman–Crippen LogP) is 4.09. The number of carboxylic acid groups (broad SMARTS) is 1. The zero-order valence-corrected chi connectivity index (χ0v) is 25.5. The summed E-state index contributed by atoms with van der Waals surface area (Å²) in [5.41, 5.74) is -2.45. The molecule has 0 amide bonds. The van der Waals surface area contributed by atoms with Gasteiger partial charge in [0.1, 0.15) is 23.9 Å². The fourth-order valence-electron chi connectivity index (χ4n) is 9.87. The summed E-state index contributed by atoms with van der Waals surface area (Å²) < 4.78 is 23.7. The van der Waals surface area contributed by atoms with Crippen molar-refractivity contribution in [3.63, 3.8) is 0 Å². The number of aliphatic hydroxyl groups excluding tert-OH is 1. The molecule has 2 N–H and O–H groups in total. The minimum atomic E-state index is -1.39. The van der Waals surface area contributed by atoms with Crippen LogP contribution >= 0.6 is 0 Å². The zero-order valence-electron chi connectivity index (χ0n) is 25.5. The predicted molar refractivity (Wildman–Crippen MR) is 153 cm³/mol. The summed E-state index contributed by atoms with van der Waals surface area (Å²) in [5, 5.41) is 22.6.